The van der Waals surface area contributed by atoms with E-state index in [0.717, 1.165) is 5.56 Å². The Morgan fingerprint density at radius 1 is 1.29 bits per heavy atom. The minimum Gasteiger partial charge on any atom is -0.335 e. The average molecular weight is 313 g/mol. The summed E-state index contributed by atoms with van der Waals surface area (Å²) in [4.78, 5) is 13.9. The molecule has 0 aromatic heterocycles. The van der Waals surface area contributed by atoms with E-state index >= 15 is 0 Å². The van der Waals surface area contributed by atoms with E-state index in [1.165, 1.54) is 0 Å². The first-order chi connectivity index (χ1) is 9.78. The fourth-order valence-corrected chi connectivity index (χ4v) is 3.83. The first-order valence-corrected chi connectivity index (χ1v) is 8.60. The van der Waals surface area contributed by atoms with E-state index in [1.807, 2.05) is 44.2 Å². The molecule has 2 rings (SSSR count). The SMILES string of the molecule is CC(C)C(c1ccccc1)N1CC(CS(=O)(=O)F)CC1=O. The molecule has 2 unspecified atom stereocenters. The number of benzene rings is 1. The summed E-state index contributed by atoms with van der Waals surface area (Å²) in [5.74, 6) is -0.949. The minimum absolute atomic E-state index is 0.0964. The Morgan fingerprint density at radius 2 is 1.90 bits per heavy atom. The van der Waals surface area contributed by atoms with Crippen LogP contribution < -0.4 is 0 Å². The van der Waals surface area contributed by atoms with Gasteiger partial charge in [0.2, 0.25) is 5.91 Å². The predicted molar refractivity (Wildman–Crippen MR) is 78.7 cm³/mol. The Hall–Kier alpha value is -1.43. The third-order valence-electron chi connectivity index (χ3n) is 3.78. The maximum absolute atomic E-state index is 12.8. The van der Waals surface area contributed by atoms with E-state index < -0.39 is 21.9 Å². The smallest absolute Gasteiger partial charge is 0.302 e. The summed E-state index contributed by atoms with van der Waals surface area (Å²) in [6.07, 6.45) is 0.0964. The van der Waals surface area contributed by atoms with Gasteiger partial charge < -0.3 is 4.90 Å². The summed E-state index contributed by atoms with van der Waals surface area (Å²) >= 11 is 0. The molecule has 0 saturated carbocycles. The fourth-order valence-electron chi connectivity index (χ4n) is 3.05. The van der Waals surface area contributed by atoms with Gasteiger partial charge in [0.15, 0.2) is 0 Å². The molecule has 1 aromatic rings. The molecule has 1 heterocycles. The third kappa shape index (κ3) is 4.03. The molecular formula is C15H20FNO3S. The monoisotopic (exact) mass is 313 g/mol. The maximum Gasteiger partial charge on any atom is 0.302 e. The molecule has 0 N–H and O–H groups in total. The van der Waals surface area contributed by atoms with Crippen molar-refractivity contribution in [3.8, 4) is 0 Å². The molecule has 4 nitrogen and oxygen atoms in total. The first kappa shape index (κ1) is 15.9. The second-order valence-electron chi connectivity index (χ2n) is 5.92. The van der Waals surface area contributed by atoms with E-state index in [1.54, 1.807) is 4.90 Å². The maximum atomic E-state index is 12.8. The molecule has 0 spiro atoms. The molecule has 1 aliphatic heterocycles. The highest BCUT2D eigenvalue weighted by Gasteiger charge is 2.38. The highest BCUT2D eigenvalue weighted by Crippen LogP contribution is 2.34. The van der Waals surface area contributed by atoms with Gasteiger partial charge in [-0.05, 0) is 11.5 Å². The zero-order valence-corrected chi connectivity index (χ0v) is 13.0. The fraction of sp³-hybridized carbons (Fsp3) is 0.533. The minimum atomic E-state index is -4.54. The zero-order chi connectivity index (χ0) is 15.6. The molecule has 1 fully saturated rings. The van der Waals surface area contributed by atoms with Crippen LogP contribution in [0.5, 0.6) is 0 Å². The van der Waals surface area contributed by atoms with Gasteiger partial charge in [-0.3, -0.25) is 4.79 Å². The van der Waals surface area contributed by atoms with E-state index in [2.05, 4.69) is 0 Å². The highest BCUT2D eigenvalue weighted by molar-refractivity contribution is 7.86. The number of carbonyl (C=O) groups excluding carboxylic acids is 1. The Kier molecular flexibility index (Phi) is 4.66. The van der Waals surface area contributed by atoms with Gasteiger partial charge in [-0.2, -0.15) is 8.42 Å². The topological polar surface area (TPSA) is 54.5 Å². The Morgan fingerprint density at radius 3 is 2.43 bits per heavy atom. The van der Waals surface area contributed by atoms with Gasteiger partial charge in [-0.15, -0.1) is 3.89 Å². The number of carbonyl (C=O) groups is 1. The van der Waals surface area contributed by atoms with Crippen LogP contribution >= 0.6 is 0 Å². The van der Waals surface area contributed by atoms with Crippen LogP contribution in [0.4, 0.5) is 3.89 Å². The lowest BCUT2D eigenvalue weighted by atomic mass is 9.94. The molecular weight excluding hydrogens is 293 g/mol. The summed E-state index contributed by atoms with van der Waals surface area (Å²) in [7, 11) is -4.54. The van der Waals surface area contributed by atoms with Crippen molar-refractivity contribution in [2.24, 2.45) is 11.8 Å². The molecule has 1 amide bonds. The van der Waals surface area contributed by atoms with Gasteiger partial charge >= 0.3 is 10.2 Å². The molecule has 21 heavy (non-hydrogen) atoms. The molecule has 2 atom stereocenters. The van der Waals surface area contributed by atoms with Crippen LogP contribution in [-0.4, -0.2) is 31.5 Å². The number of hydrogen-bond donors (Lipinski definition) is 0. The molecule has 0 radical (unpaired) electrons. The van der Waals surface area contributed by atoms with E-state index in [-0.39, 0.29) is 24.3 Å². The van der Waals surface area contributed by atoms with Crippen molar-refractivity contribution in [3.63, 3.8) is 0 Å². The summed E-state index contributed by atoms with van der Waals surface area (Å²) in [6, 6.07) is 9.54. The van der Waals surface area contributed by atoms with Gasteiger partial charge in [0.1, 0.15) is 0 Å². The van der Waals surface area contributed by atoms with Crippen LogP contribution in [0.3, 0.4) is 0 Å². The number of amides is 1. The van der Waals surface area contributed by atoms with Crippen molar-refractivity contribution in [2.75, 3.05) is 12.3 Å². The van der Waals surface area contributed by atoms with Crippen molar-refractivity contribution >= 4 is 16.1 Å². The lowest BCUT2D eigenvalue weighted by Gasteiger charge is -2.32. The summed E-state index contributed by atoms with van der Waals surface area (Å²) in [5, 5.41) is 0. The number of rotatable bonds is 5. The normalized spacial score (nSPS) is 21.0. The summed E-state index contributed by atoms with van der Waals surface area (Å²) in [6.45, 7) is 4.33. The van der Waals surface area contributed by atoms with Crippen molar-refractivity contribution in [2.45, 2.75) is 26.3 Å². The van der Waals surface area contributed by atoms with Crippen LogP contribution in [0.15, 0.2) is 30.3 Å². The zero-order valence-electron chi connectivity index (χ0n) is 12.2. The van der Waals surface area contributed by atoms with Gasteiger partial charge in [-0.1, -0.05) is 44.2 Å². The van der Waals surface area contributed by atoms with Crippen molar-refractivity contribution < 1.29 is 17.1 Å². The molecule has 1 aliphatic rings. The van der Waals surface area contributed by atoms with Gasteiger partial charge in [0.05, 0.1) is 11.8 Å². The van der Waals surface area contributed by atoms with Crippen molar-refractivity contribution in [1.82, 2.24) is 4.90 Å². The van der Waals surface area contributed by atoms with Crippen LogP contribution in [-0.2, 0) is 15.0 Å². The van der Waals surface area contributed by atoms with Crippen molar-refractivity contribution in [3.05, 3.63) is 35.9 Å². The van der Waals surface area contributed by atoms with Gasteiger partial charge in [0.25, 0.3) is 0 Å². The second-order valence-corrected chi connectivity index (χ2v) is 7.33. The highest BCUT2D eigenvalue weighted by atomic mass is 32.3. The Balaban J connectivity index is 2.20. The van der Waals surface area contributed by atoms with Gasteiger partial charge in [0, 0.05) is 18.9 Å². The van der Waals surface area contributed by atoms with E-state index in [9.17, 15) is 17.1 Å². The second kappa shape index (κ2) is 6.13. The largest absolute Gasteiger partial charge is 0.335 e. The quantitative estimate of drug-likeness (QED) is 0.785. The van der Waals surface area contributed by atoms with E-state index in [0.29, 0.717) is 6.54 Å². The van der Waals surface area contributed by atoms with E-state index in [4.69, 9.17) is 0 Å². The number of hydrogen-bond acceptors (Lipinski definition) is 3. The Bertz CT molecular complexity index is 601. The molecule has 1 saturated heterocycles. The lowest BCUT2D eigenvalue weighted by Crippen LogP contribution is -2.33. The molecule has 6 heteroatoms. The van der Waals surface area contributed by atoms with Crippen LogP contribution in [0, 0.1) is 11.8 Å². The molecule has 1 aromatic carbocycles. The molecule has 0 aliphatic carbocycles. The third-order valence-corrected chi connectivity index (χ3v) is 4.65. The number of halogens is 1. The predicted octanol–water partition coefficient (Wildman–Crippen LogP) is 2.53. The van der Waals surface area contributed by atoms with Crippen LogP contribution in [0.1, 0.15) is 31.9 Å². The summed E-state index contributed by atoms with van der Waals surface area (Å²) < 4.78 is 34.4. The number of likely N-dealkylation sites (tertiary alicyclic amines) is 1. The molecule has 0 bridgehead atoms. The standard InChI is InChI=1S/C15H20FNO3S/c1-11(2)15(13-6-4-3-5-7-13)17-9-12(8-14(17)18)10-21(16,19)20/h3-7,11-12,15H,8-10H2,1-2H3. The molecule has 116 valence electrons. The summed E-state index contributed by atoms with van der Waals surface area (Å²) in [5.41, 5.74) is 1.02. The lowest BCUT2D eigenvalue weighted by molar-refractivity contribution is -0.130. The van der Waals surface area contributed by atoms with Crippen LogP contribution in [0.2, 0.25) is 0 Å². The van der Waals surface area contributed by atoms with Crippen LogP contribution in [0.25, 0.3) is 0 Å². The van der Waals surface area contributed by atoms with Gasteiger partial charge in [-0.25, -0.2) is 0 Å². The Labute approximate surface area is 125 Å². The first-order valence-electron chi connectivity index (χ1n) is 7.04. The van der Waals surface area contributed by atoms with Crippen molar-refractivity contribution in [1.29, 1.82) is 0 Å². The average Bonchev–Trinajstić information content (AvgIpc) is 2.69. The number of nitrogens with zero attached hydrogens (tertiary/aromatic N) is 1.